The minimum absolute atomic E-state index is 0.0789. The molecule has 0 aliphatic heterocycles. The molecule has 0 saturated heterocycles. The average molecular weight is 285 g/mol. The van der Waals surface area contributed by atoms with Crippen molar-refractivity contribution in [2.24, 2.45) is 0 Å². The lowest BCUT2D eigenvalue weighted by atomic mass is 9.94. The van der Waals surface area contributed by atoms with E-state index in [0.29, 0.717) is 0 Å². The Bertz CT molecular complexity index is 528. The van der Waals surface area contributed by atoms with Crippen molar-refractivity contribution in [3.8, 4) is 0 Å². The van der Waals surface area contributed by atoms with Gasteiger partial charge in [0, 0.05) is 18.3 Å². The van der Waals surface area contributed by atoms with Crippen LogP contribution in [-0.2, 0) is 18.5 Å². The second kappa shape index (κ2) is 7.41. The molecule has 0 bridgehead atoms. The van der Waals surface area contributed by atoms with Crippen LogP contribution >= 0.6 is 0 Å². The predicted molar refractivity (Wildman–Crippen MR) is 88.3 cm³/mol. The number of imidazole rings is 1. The fourth-order valence-electron chi connectivity index (χ4n) is 2.61. The SMILES string of the molecule is CCCNCc1cncn1C(C)(C)CCc1ccccc1. The molecule has 1 aromatic carbocycles. The van der Waals surface area contributed by atoms with Crippen molar-refractivity contribution in [3.05, 3.63) is 54.1 Å². The van der Waals surface area contributed by atoms with Gasteiger partial charge in [-0.2, -0.15) is 0 Å². The van der Waals surface area contributed by atoms with Gasteiger partial charge >= 0.3 is 0 Å². The number of hydrogen-bond donors (Lipinski definition) is 1. The van der Waals surface area contributed by atoms with Gasteiger partial charge in [-0.25, -0.2) is 4.98 Å². The van der Waals surface area contributed by atoms with E-state index in [9.17, 15) is 0 Å². The fraction of sp³-hybridized carbons (Fsp3) is 0.500. The summed E-state index contributed by atoms with van der Waals surface area (Å²) in [7, 11) is 0. The largest absolute Gasteiger partial charge is 0.328 e. The highest BCUT2D eigenvalue weighted by Crippen LogP contribution is 2.24. The molecule has 3 heteroatoms. The summed E-state index contributed by atoms with van der Waals surface area (Å²) in [6.45, 7) is 8.72. The first kappa shape index (κ1) is 15.8. The fourth-order valence-corrected chi connectivity index (χ4v) is 2.61. The smallest absolute Gasteiger partial charge is 0.0953 e. The quantitative estimate of drug-likeness (QED) is 0.749. The molecule has 0 fully saturated rings. The molecule has 21 heavy (non-hydrogen) atoms. The van der Waals surface area contributed by atoms with Gasteiger partial charge < -0.3 is 9.88 Å². The third kappa shape index (κ3) is 4.43. The zero-order valence-corrected chi connectivity index (χ0v) is 13.5. The van der Waals surface area contributed by atoms with Crippen LogP contribution in [0.2, 0.25) is 0 Å². The van der Waals surface area contributed by atoms with Gasteiger partial charge in [-0.05, 0) is 45.2 Å². The number of benzene rings is 1. The molecule has 1 heterocycles. The van der Waals surface area contributed by atoms with Crippen molar-refractivity contribution in [2.45, 2.75) is 52.1 Å². The molecular formula is C18H27N3. The first-order valence-electron chi connectivity index (χ1n) is 7.90. The van der Waals surface area contributed by atoms with Crippen LogP contribution in [0.1, 0.15) is 44.9 Å². The molecule has 3 nitrogen and oxygen atoms in total. The van der Waals surface area contributed by atoms with Crippen LogP contribution in [0.4, 0.5) is 0 Å². The highest BCUT2D eigenvalue weighted by atomic mass is 15.1. The van der Waals surface area contributed by atoms with Gasteiger partial charge in [0.15, 0.2) is 0 Å². The van der Waals surface area contributed by atoms with Crippen molar-refractivity contribution in [3.63, 3.8) is 0 Å². The zero-order chi connectivity index (χ0) is 15.1. The number of aryl methyl sites for hydroxylation is 1. The Morgan fingerprint density at radius 3 is 2.67 bits per heavy atom. The van der Waals surface area contributed by atoms with Gasteiger partial charge in [0.25, 0.3) is 0 Å². The van der Waals surface area contributed by atoms with E-state index in [-0.39, 0.29) is 5.54 Å². The highest BCUT2D eigenvalue weighted by Gasteiger charge is 2.22. The molecule has 1 N–H and O–H groups in total. The van der Waals surface area contributed by atoms with Crippen LogP contribution in [0.3, 0.4) is 0 Å². The standard InChI is InChI=1S/C18H27N3/c1-4-12-19-13-17-14-20-15-21(17)18(2,3)11-10-16-8-6-5-7-9-16/h5-9,14-15,19H,4,10-13H2,1-3H3. The molecule has 2 aromatic rings. The Balaban J connectivity index is 2.00. The van der Waals surface area contributed by atoms with Crippen LogP contribution in [0.5, 0.6) is 0 Å². The van der Waals surface area contributed by atoms with Crippen LogP contribution in [0, 0.1) is 0 Å². The molecular weight excluding hydrogens is 258 g/mol. The van der Waals surface area contributed by atoms with Crippen LogP contribution in [0.25, 0.3) is 0 Å². The van der Waals surface area contributed by atoms with Crippen molar-refractivity contribution in [1.82, 2.24) is 14.9 Å². The Labute approximate surface area is 128 Å². The van der Waals surface area contributed by atoms with Gasteiger partial charge in [-0.15, -0.1) is 0 Å². The van der Waals surface area contributed by atoms with Gasteiger partial charge in [-0.3, -0.25) is 0 Å². The molecule has 1 aromatic heterocycles. The van der Waals surface area contributed by atoms with E-state index in [0.717, 1.165) is 32.4 Å². The van der Waals surface area contributed by atoms with Crippen molar-refractivity contribution >= 4 is 0 Å². The summed E-state index contributed by atoms with van der Waals surface area (Å²) in [5.41, 5.74) is 2.74. The zero-order valence-electron chi connectivity index (χ0n) is 13.5. The van der Waals surface area contributed by atoms with E-state index >= 15 is 0 Å². The molecule has 114 valence electrons. The molecule has 0 spiro atoms. The third-order valence-corrected chi connectivity index (χ3v) is 3.97. The molecule has 0 saturated carbocycles. The summed E-state index contributed by atoms with van der Waals surface area (Å²) in [4.78, 5) is 4.35. The van der Waals surface area contributed by atoms with Gasteiger partial charge in [-0.1, -0.05) is 37.3 Å². The van der Waals surface area contributed by atoms with E-state index < -0.39 is 0 Å². The average Bonchev–Trinajstić information content (AvgIpc) is 2.96. The number of nitrogens with one attached hydrogen (secondary N) is 1. The highest BCUT2D eigenvalue weighted by molar-refractivity contribution is 5.15. The minimum Gasteiger partial charge on any atom is -0.328 e. The maximum absolute atomic E-state index is 4.35. The van der Waals surface area contributed by atoms with Crippen LogP contribution < -0.4 is 5.32 Å². The summed E-state index contributed by atoms with van der Waals surface area (Å²) in [6, 6.07) is 10.7. The minimum atomic E-state index is 0.0789. The normalized spacial score (nSPS) is 11.8. The Morgan fingerprint density at radius 2 is 1.95 bits per heavy atom. The predicted octanol–water partition coefficient (Wildman–Crippen LogP) is 3.75. The maximum atomic E-state index is 4.35. The van der Waals surface area contributed by atoms with Gasteiger partial charge in [0.05, 0.1) is 12.0 Å². The third-order valence-electron chi connectivity index (χ3n) is 3.97. The van der Waals surface area contributed by atoms with Gasteiger partial charge in [0.1, 0.15) is 0 Å². The Kier molecular flexibility index (Phi) is 5.57. The molecule has 0 radical (unpaired) electrons. The lowest BCUT2D eigenvalue weighted by molar-refractivity contribution is 0.316. The molecule has 0 unspecified atom stereocenters. The van der Waals surface area contributed by atoms with Crippen LogP contribution in [0.15, 0.2) is 42.9 Å². The molecule has 0 aliphatic rings. The first-order valence-corrected chi connectivity index (χ1v) is 7.90. The summed E-state index contributed by atoms with van der Waals surface area (Å²) < 4.78 is 2.32. The molecule has 0 aliphatic carbocycles. The van der Waals surface area contributed by atoms with E-state index in [1.165, 1.54) is 11.3 Å². The molecule has 2 rings (SSSR count). The molecule has 0 amide bonds. The Hall–Kier alpha value is -1.61. The van der Waals surface area contributed by atoms with E-state index in [2.05, 4.69) is 66.0 Å². The monoisotopic (exact) mass is 285 g/mol. The second-order valence-corrected chi connectivity index (χ2v) is 6.23. The number of nitrogens with zero attached hydrogens (tertiary/aromatic N) is 2. The van der Waals surface area contributed by atoms with Crippen molar-refractivity contribution in [1.29, 1.82) is 0 Å². The second-order valence-electron chi connectivity index (χ2n) is 6.23. The lowest BCUT2D eigenvalue weighted by Crippen LogP contribution is -2.29. The van der Waals surface area contributed by atoms with E-state index in [1.54, 1.807) is 0 Å². The van der Waals surface area contributed by atoms with Crippen LogP contribution in [-0.4, -0.2) is 16.1 Å². The summed E-state index contributed by atoms with van der Waals surface area (Å²) in [5, 5.41) is 3.46. The number of aromatic nitrogens is 2. The van der Waals surface area contributed by atoms with Gasteiger partial charge in [0.2, 0.25) is 0 Å². The van der Waals surface area contributed by atoms with Crippen molar-refractivity contribution in [2.75, 3.05) is 6.54 Å². The summed E-state index contributed by atoms with van der Waals surface area (Å²) in [6.07, 6.45) is 7.30. The number of hydrogen-bond acceptors (Lipinski definition) is 2. The summed E-state index contributed by atoms with van der Waals surface area (Å²) >= 11 is 0. The first-order chi connectivity index (χ1) is 10.1. The van der Waals surface area contributed by atoms with E-state index in [4.69, 9.17) is 0 Å². The molecule has 0 atom stereocenters. The maximum Gasteiger partial charge on any atom is 0.0953 e. The number of rotatable bonds is 8. The lowest BCUT2D eigenvalue weighted by Gasteiger charge is -2.29. The topological polar surface area (TPSA) is 29.9 Å². The summed E-state index contributed by atoms with van der Waals surface area (Å²) in [5.74, 6) is 0. The van der Waals surface area contributed by atoms with Crippen molar-refractivity contribution < 1.29 is 0 Å². The van der Waals surface area contributed by atoms with E-state index in [1.807, 2.05) is 12.5 Å². The Morgan fingerprint density at radius 1 is 1.19 bits per heavy atom.